The molecule has 0 saturated carbocycles. The topological polar surface area (TPSA) is 54.5 Å². The van der Waals surface area contributed by atoms with Gasteiger partial charge in [-0.1, -0.05) is 23.7 Å². The summed E-state index contributed by atoms with van der Waals surface area (Å²) in [7, 11) is 1.69. The fraction of sp³-hybridized carbons (Fsp3) is 0.333. The summed E-state index contributed by atoms with van der Waals surface area (Å²) >= 11 is 6.01. The molecule has 2 aromatic rings. The molecule has 6 heteroatoms. The van der Waals surface area contributed by atoms with Crippen LogP contribution in [0.15, 0.2) is 42.7 Å². The number of carbonyl (C=O) groups is 1. The van der Waals surface area contributed by atoms with Gasteiger partial charge in [-0.15, -0.1) is 0 Å². The third kappa shape index (κ3) is 3.62. The zero-order chi connectivity index (χ0) is 16.9. The van der Waals surface area contributed by atoms with E-state index in [2.05, 4.69) is 21.3 Å². The van der Waals surface area contributed by atoms with E-state index in [1.165, 1.54) is 6.20 Å². The molecule has 1 fully saturated rings. The number of rotatable bonds is 5. The first kappa shape index (κ1) is 16.6. The van der Waals surface area contributed by atoms with Crippen LogP contribution in [-0.2, 0) is 0 Å². The Morgan fingerprint density at radius 1 is 1.42 bits per heavy atom. The Morgan fingerprint density at radius 3 is 3.04 bits per heavy atom. The molecular weight excluding hydrogens is 326 g/mol. The number of hydrogen-bond donors (Lipinski definition) is 1. The average molecular weight is 346 g/mol. The molecule has 5 nitrogen and oxygen atoms in total. The van der Waals surface area contributed by atoms with Crippen LogP contribution in [0.1, 0.15) is 16.8 Å². The molecule has 0 radical (unpaired) electrons. The average Bonchev–Trinajstić information content (AvgIpc) is 3.09. The summed E-state index contributed by atoms with van der Waals surface area (Å²) in [5.41, 5.74) is 1.57. The number of benzene rings is 1. The van der Waals surface area contributed by atoms with Crippen molar-refractivity contribution >= 4 is 23.2 Å². The lowest BCUT2D eigenvalue weighted by atomic mass is 10.1. The number of pyridine rings is 1. The second kappa shape index (κ2) is 7.53. The number of ether oxygens (including phenoxy) is 1. The summed E-state index contributed by atoms with van der Waals surface area (Å²) in [4.78, 5) is 18.4. The van der Waals surface area contributed by atoms with E-state index < -0.39 is 0 Å². The second-order valence-electron chi connectivity index (χ2n) is 5.84. The molecule has 1 aliphatic heterocycles. The van der Waals surface area contributed by atoms with Gasteiger partial charge in [0.2, 0.25) is 0 Å². The molecule has 1 aromatic heterocycles. The molecule has 0 spiro atoms. The Labute approximate surface area is 146 Å². The summed E-state index contributed by atoms with van der Waals surface area (Å²) in [6.07, 6.45) is 4.08. The molecule has 2 heterocycles. The molecule has 0 aliphatic carbocycles. The maximum Gasteiger partial charge on any atom is 0.252 e. The molecule has 1 saturated heterocycles. The number of methoxy groups -OCH3 is 1. The number of nitrogens with zero attached hydrogens (tertiary/aromatic N) is 2. The van der Waals surface area contributed by atoms with Gasteiger partial charge < -0.3 is 15.0 Å². The van der Waals surface area contributed by atoms with E-state index in [-0.39, 0.29) is 5.91 Å². The van der Waals surface area contributed by atoms with Crippen LogP contribution in [0.25, 0.3) is 0 Å². The van der Waals surface area contributed by atoms with Crippen LogP contribution < -0.4 is 15.0 Å². The SMILES string of the molecule is COc1ccccc1N1CC[C@@H](CNC(=O)c2ccncc2Cl)C1. The molecule has 1 aromatic carbocycles. The molecular formula is C18H20ClN3O2. The predicted octanol–water partition coefficient (Wildman–Crippen LogP) is 3.00. The largest absolute Gasteiger partial charge is 0.495 e. The molecule has 126 valence electrons. The van der Waals surface area contributed by atoms with Crippen LogP contribution in [0.5, 0.6) is 5.75 Å². The summed E-state index contributed by atoms with van der Waals surface area (Å²) in [5.74, 6) is 1.13. The van der Waals surface area contributed by atoms with E-state index in [0.717, 1.165) is 30.9 Å². The van der Waals surface area contributed by atoms with Crippen LogP contribution in [0.4, 0.5) is 5.69 Å². The van der Waals surface area contributed by atoms with Gasteiger partial charge >= 0.3 is 0 Å². The minimum absolute atomic E-state index is 0.154. The van der Waals surface area contributed by atoms with Crippen molar-refractivity contribution in [3.63, 3.8) is 0 Å². The number of hydrogen-bond acceptors (Lipinski definition) is 4. The van der Waals surface area contributed by atoms with Crippen LogP contribution in [-0.4, -0.2) is 37.6 Å². The van der Waals surface area contributed by atoms with Crippen molar-refractivity contribution in [3.8, 4) is 5.75 Å². The van der Waals surface area contributed by atoms with Gasteiger partial charge in [0.05, 0.1) is 23.4 Å². The van der Waals surface area contributed by atoms with E-state index in [1.807, 2.05) is 18.2 Å². The zero-order valence-corrected chi connectivity index (χ0v) is 14.3. The van der Waals surface area contributed by atoms with Crippen LogP contribution in [0.2, 0.25) is 5.02 Å². The van der Waals surface area contributed by atoms with Crippen molar-refractivity contribution in [3.05, 3.63) is 53.3 Å². The van der Waals surface area contributed by atoms with Gasteiger partial charge in [-0.3, -0.25) is 9.78 Å². The third-order valence-electron chi connectivity index (χ3n) is 4.28. The molecule has 1 amide bonds. The van der Waals surface area contributed by atoms with Crippen molar-refractivity contribution in [1.82, 2.24) is 10.3 Å². The second-order valence-corrected chi connectivity index (χ2v) is 6.25. The zero-order valence-electron chi connectivity index (χ0n) is 13.5. The molecule has 24 heavy (non-hydrogen) atoms. The van der Waals surface area contributed by atoms with Gasteiger partial charge in [0.25, 0.3) is 5.91 Å². The lowest BCUT2D eigenvalue weighted by Crippen LogP contribution is -2.31. The molecule has 3 rings (SSSR count). The van der Waals surface area contributed by atoms with Gasteiger partial charge in [-0.05, 0) is 30.5 Å². The first-order valence-electron chi connectivity index (χ1n) is 7.94. The van der Waals surface area contributed by atoms with Crippen molar-refractivity contribution in [1.29, 1.82) is 0 Å². The Kier molecular flexibility index (Phi) is 5.20. The van der Waals surface area contributed by atoms with E-state index in [9.17, 15) is 4.79 Å². The van der Waals surface area contributed by atoms with Crippen molar-refractivity contribution < 1.29 is 9.53 Å². The third-order valence-corrected chi connectivity index (χ3v) is 4.58. The molecule has 1 atom stereocenters. The Balaban J connectivity index is 1.57. The summed E-state index contributed by atoms with van der Waals surface area (Å²) in [5, 5.41) is 3.35. The number of aromatic nitrogens is 1. The van der Waals surface area contributed by atoms with E-state index >= 15 is 0 Å². The molecule has 1 aliphatic rings. The highest BCUT2D eigenvalue weighted by atomic mass is 35.5. The predicted molar refractivity (Wildman–Crippen MR) is 94.9 cm³/mol. The fourth-order valence-corrected chi connectivity index (χ4v) is 3.21. The summed E-state index contributed by atoms with van der Waals surface area (Å²) in [6, 6.07) is 9.65. The number of halogens is 1. The van der Waals surface area contributed by atoms with Gasteiger partial charge in [0.1, 0.15) is 5.75 Å². The Bertz CT molecular complexity index is 723. The normalized spacial score (nSPS) is 16.9. The number of anilines is 1. The summed E-state index contributed by atoms with van der Waals surface area (Å²) < 4.78 is 5.43. The van der Waals surface area contributed by atoms with Crippen molar-refractivity contribution in [2.75, 3.05) is 31.6 Å². The van der Waals surface area contributed by atoms with Crippen molar-refractivity contribution in [2.24, 2.45) is 5.92 Å². The minimum Gasteiger partial charge on any atom is -0.495 e. The van der Waals surface area contributed by atoms with Gasteiger partial charge in [0, 0.05) is 32.0 Å². The highest BCUT2D eigenvalue weighted by molar-refractivity contribution is 6.33. The van der Waals surface area contributed by atoms with Gasteiger partial charge in [0.15, 0.2) is 0 Å². The minimum atomic E-state index is -0.154. The Morgan fingerprint density at radius 2 is 2.25 bits per heavy atom. The Hall–Kier alpha value is -2.27. The molecule has 0 bridgehead atoms. The quantitative estimate of drug-likeness (QED) is 0.905. The lowest BCUT2D eigenvalue weighted by molar-refractivity contribution is 0.0948. The van der Waals surface area contributed by atoms with E-state index in [1.54, 1.807) is 19.4 Å². The monoisotopic (exact) mass is 345 g/mol. The first-order valence-corrected chi connectivity index (χ1v) is 8.32. The maximum atomic E-state index is 12.2. The summed E-state index contributed by atoms with van der Waals surface area (Å²) in [6.45, 7) is 2.48. The molecule has 1 N–H and O–H groups in total. The number of amides is 1. The number of carbonyl (C=O) groups excluding carboxylic acids is 1. The van der Waals surface area contributed by atoms with Crippen LogP contribution in [0.3, 0.4) is 0 Å². The highest BCUT2D eigenvalue weighted by Crippen LogP contribution is 2.31. The van der Waals surface area contributed by atoms with Gasteiger partial charge in [-0.25, -0.2) is 0 Å². The van der Waals surface area contributed by atoms with Crippen molar-refractivity contribution in [2.45, 2.75) is 6.42 Å². The number of para-hydroxylation sites is 2. The van der Waals surface area contributed by atoms with E-state index in [0.29, 0.717) is 23.0 Å². The molecule has 0 unspecified atom stereocenters. The van der Waals surface area contributed by atoms with E-state index in [4.69, 9.17) is 16.3 Å². The highest BCUT2D eigenvalue weighted by Gasteiger charge is 2.25. The number of nitrogens with one attached hydrogen (secondary N) is 1. The smallest absolute Gasteiger partial charge is 0.252 e. The van der Waals surface area contributed by atoms with Crippen LogP contribution in [0, 0.1) is 5.92 Å². The van der Waals surface area contributed by atoms with Crippen LogP contribution >= 0.6 is 11.6 Å². The lowest BCUT2D eigenvalue weighted by Gasteiger charge is -2.21. The first-order chi connectivity index (χ1) is 11.7. The fourth-order valence-electron chi connectivity index (χ4n) is 3.00. The van der Waals surface area contributed by atoms with Gasteiger partial charge in [-0.2, -0.15) is 0 Å². The maximum absolute atomic E-state index is 12.2. The standard InChI is InChI=1S/C18H20ClN3O2/c1-24-17-5-3-2-4-16(17)22-9-7-13(12-22)10-21-18(23)14-6-8-20-11-15(14)19/h2-6,8,11,13H,7,9-10,12H2,1H3,(H,21,23)/t13-/m0/s1.